The van der Waals surface area contributed by atoms with E-state index in [-0.39, 0.29) is 17.5 Å². The van der Waals surface area contributed by atoms with Gasteiger partial charge < -0.3 is 5.32 Å². The van der Waals surface area contributed by atoms with E-state index in [1.807, 2.05) is 12.1 Å². The molecule has 140 valence electrons. The van der Waals surface area contributed by atoms with Gasteiger partial charge in [-0.1, -0.05) is 24.3 Å². The smallest absolute Gasteiger partial charge is 0.274 e. The Bertz CT molecular complexity index is 1010. The molecule has 0 spiro atoms. The first-order valence-electron chi connectivity index (χ1n) is 9.17. The average Bonchev–Trinajstić information content (AvgIpc) is 3.39. The molecule has 1 saturated heterocycles. The predicted molar refractivity (Wildman–Crippen MR) is 107 cm³/mol. The minimum Gasteiger partial charge on any atom is -0.349 e. The van der Waals surface area contributed by atoms with Gasteiger partial charge in [-0.05, 0) is 43.4 Å². The quantitative estimate of drug-likeness (QED) is 0.736. The topological polar surface area (TPSA) is 67.2 Å². The summed E-state index contributed by atoms with van der Waals surface area (Å²) in [6, 6.07) is 11.5. The first-order valence-corrected chi connectivity index (χ1v) is 10.0. The molecule has 1 atom stereocenters. The van der Waals surface area contributed by atoms with Gasteiger partial charge in [0.1, 0.15) is 0 Å². The summed E-state index contributed by atoms with van der Waals surface area (Å²) in [5.74, 6) is -0.248. The maximum Gasteiger partial charge on any atom is 0.274 e. The summed E-state index contributed by atoms with van der Waals surface area (Å²) in [7, 11) is 1.57. The zero-order valence-electron chi connectivity index (χ0n) is 15.2. The molecule has 1 N–H and O–H groups in total. The highest BCUT2D eigenvalue weighted by atomic mass is 32.1. The van der Waals surface area contributed by atoms with Crippen molar-refractivity contribution in [3.8, 4) is 0 Å². The average molecular weight is 382 g/mol. The number of amides is 1. The van der Waals surface area contributed by atoms with Crippen molar-refractivity contribution in [2.24, 2.45) is 7.05 Å². The first kappa shape index (κ1) is 17.9. The van der Waals surface area contributed by atoms with Crippen molar-refractivity contribution in [2.75, 3.05) is 19.6 Å². The number of nitrogens with one attached hydrogen (secondary N) is 1. The molecular formula is C20H22N4O2S. The predicted octanol–water partition coefficient (Wildman–Crippen LogP) is 2.56. The van der Waals surface area contributed by atoms with Gasteiger partial charge in [-0.2, -0.15) is 5.10 Å². The molecular weight excluding hydrogens is 360 g/mol. The molecule has 7 heteroatoms. The molecule has 1 aliphatic rings. The summed E-state index contributed by atoms with van der Waals surface area (Å²) in [5, 5.41) is 10.4. The van der Waals surface area contributed by atoms with Crippen molar-refractivity contribution >= 4 is 28.0 Å². The number of thiophene rings is 1. The third kappa shape index (κ3) is 3.52. The Morgan fingerprint density at radius 2 is 1.93 bits per heavy atom. The van der Waals surface area contributed by atoms with Crippen LogP contribution < -0.4 is 10.9 Å². The highest BCUT2D eigenvalue weighted by molar-refractivity contribution is 7.10. The fraction of sp³-hybridized carbons (Fsp3) is 0.350. The number of benzene rings is 1. The Balaban J connectivity index is 1.59. The molecule has 0 radical (unpaired) electrons. The highest BCUT2D eigenvalue weighted by Crippen LogP contribution is 2.28. The Morgan fingerprint density at radius 1 is 1.19 bits per heavy atom. The van der Waals surface area contributed by atoms with Crippen molar-refractivity contribution in [3.63, 3.8) is 0 Å². The van der Waals surface area contributed by atoms with Crippen LogP contribution in [0.3, 0.4) is 0 Å². The van der Waals surface area contributed by atoms with Crippen LogP contribution >= 0.6 is 11.3 Å². The Morgan fingerprint density at radius 3 is 2.63 bits per heavy atom. The van der Waals surface area contributed by atoms with E-state index in [1.54, 1.807) is 36.6 Å². The van der Waals surface area contributed by atoms with Crippen LogP contribution in [0.2, 0.25) is 0 Å². The first-order chi connectivity index (χ1) is 13.1. The molecule has 1 fully saturated rings. The zero-order chi connectivity index (χ0) is 18.8. The maximum atomic E-state index is 12.9. The van der Waals surface area contributed by atoms with Crippen LogP contribution in [0.25, 0.3) is 10.8 Å². The van der Waals surface area contributed by atoms with Crippen LogP contribution in [-0.2, 0) is 7.05 Å². The molecule has 0 saturated carbocycles. The zero-order valence-corrected chi connectivity index (χ0v) is 16.0. The van der Waals surface area contributed by atoms with E-state index >= 15 is 0 Å². The van der Waals surface area contributed by atoms with Crippen LogP contribution in [0, 0.1) is 0 Å². The SMILES string of the molecule is Cn1nc(C(=O)NC[C@@H](c2cccs2)N2CCCC2)c2ccccc2c1=O. The van der Waals surface area contributed by atoms with E-state index in [0.29, 0.717) is 23.0 Å². The Kier molecular flexibility index (Phi) is 5.05. The van der Waals surface area contributed by atoms with E-state index in [2.05, 4.69) is 26.8 Å². The molecule has 3 aromatic rings. The van der Waals surface area contributed by atoms with Crippen molar-refractivity contribution in [3.05, 3.63) is 62.7 Å². The monoisotopic (exact) mass is 382 g/mol. The maximum absolute atomic E-state index is 12.9. The lowest BCUT2D eigenvalue weighted by Gasteiger charge is -2.26. The van der Waals surface area contributed by atoms with Crippen LogP contribution in [-0.4, -0.2) is 40.2 Å². The van der Waals surface area contributed by atoms with E-state index in [1.165, 1.54) is 22.4 Å². The number of fused-ring (bicyclic) bond motifs is 1. The number of hydrogen-bond acceptors (Lipinski definition) is 5. The van der Waals surface area contributed by atoms with E-state index in [4.69, 9.17) is 0 Å². The fourth-order valence-corrected chi connectivity index (χ4v) is 4.55. The molecule has 2 aromatic heterocycles. The Hall–Kier alpha value is -2.51. The minimum atomic E-state index is -0.248. The summed E-state index contributed by atoms with van der Waals surface area (Å²) in [4.78, 5) is 28.9. The van der Waals surface area contributed by atoms with Gasteiger partial charge in [0.25, 0.3) is 11.5 Å². The van der Waals surface area contributed by atoms with E-state index < -0.39 is 0 Å². The number of nitrogens with zero attached hydrogens (tertiary/aromatic N) is 3. The van der Waals surface area contributed by atoms with Gasteiger partial charge in [-0.25, -0.2) is 4.68 Å². The van der Waals surface area contributed by atoms with Crippen molar-refractivity contribution < 1.29 is 4.79 Å². The summed E-state index contributed by atoms with van der Waals surface area (Å²) >= 11 is 1.72. The van der Waals surface area contributed by atoms with Crippen LogP contribution in [0.1, 0.15) is 34.2 Å². The molecule has 0 unspecified atom stereocenters. The lowest BCUT2D eigenvalue weighted by molar-refractivity contribution is 0.0933. The van der Waals surface area contributed by atoms with Gasteiger partial charge in [0.15, 0.2) is 5.69 Å². The van der Waals surface area contributed by atoms with Gasteiger partial charge in [-0.3, -0.25) is 14.5 Å². The standard InChI is InChI=1S/C20H22N4O2S/c1-23-20(26)15-8-3-2-7-14(15)18(22-23)19(25)21-13-16(17-9-6-12-27-17)24-10-4-5-11-24/h2-3,6-9,12,16H,4-5,10-11,13H2,1H3,(H,21,25)/t16-/m0/s1. The second-order valence-corrected chi connectivity index (χ2v) is 7.79. The molecule has 3 heterocycles. The van der Waals surface area contributed by atoms with Crippen molar-refractivity contribution in [1.82, 2.24) is 20.0 Å². The van der Waals surface area contributed by atoms with E-state index in [0.717, 1.165) is 13.1 Å². The number of carbonyl (C=O) groups excluding carboxylic acids is 1. The number of hydrogen-bond donors (Lipinski definition) is 1. The molecule has 0 aliphatic carbocycles. The van der Waals surface area contributed by atoms with Crippen LogP contribution in [0.5, 0.6) is 0 Å². The highest BCUT2D eigenvalue weighted by Gasteiger charge is 2.25. The van der Waals surface area contributed by atoms with Gasteiger partial charge >= 0.3 is 0 Å². The van der Waals surface area contributed by atoms with Crippen LogP contribution in [0.4, 0.5) is 0 Å². The lowest BCUT2D eigenvalue weighted by Crippen LogP contribution is -2.37. The van der Waals surface area contributed by atoms with Crippen LogP contribution in [0.15, 0.2) is 46.6 Å². The number of rotatable bonds is 5. The molecule has 1 aromatic carbocycles. The third-order valence-electron chi connectivity index (χ3n) is 5.08. The number of aryl methyl sites for hydroxylation is 1. The van der Waals surface area contributed by atoms with Gasteiger partial charge in [-0.15, -0.1) is 11.3 Å². The largest absolute Gasteiger partial charge is 0.349 e. The number of carbonyl (C=O) groups is 1. The molecule has 6 nitrogen and oxygen atoms in total. The third-order valence-corrected chi connectivity index (χ3v) is 6.05. The number of aromatic nitrogens is 2. The summed E-state index contributed by atoms with van der Waals surface area (Å²) in [5.41, 5.74) is 0.0923. The van der Waals surface area contributed by atoms with E-state index in [9.17, 15) is 9.59 Å². The lowest BCUT2D eigenvalue weighted by atomic mass is 10.1. The summed E-state index contributed by atoms with van der Waals surface area (Å²) in [6.45, 7) is 2.64. The summed E-state index contributed by atoms with van der Waals surface area (Å²) in [6.07, 6.45) is 2.39. The second-order valence-electron chi connectivity index (χ2n) is 6.81. The Labute approximate surface area is 161 Å². The second kappa shape index (κ2) is 7.62. The fourth-order valence-electron chi connectivity index (χ4n) is 3.68. The number of likely N-dealkylation sites (tertiary alicyclic amines) is 1. The molecule has 4 rings (SSSR count). The van der Waals surface area contributed by atoms with Gasteiger partial charge in [0, 0.05) is 23.9 Å². The molecule has 0 bridgehead atoms. The molecule has 27 heavy (non-hydrogen) atoms. The molecule has 1 aliphatic heterocycles. The molecule has 1 amide bonds. The minimum absolute atomic E-state index is 0.176. The summed E-state index contributed by atoms with van der Waals surface area (Å²) < 4.78 is 1.23. The van der Waals surface area contributed by atoms with Crippen molar-refractivity contribution in [1.29, 1.82) is 0 Å². The van der Waals surface area contributed by atoms with Crippen molar-refractivity contribution in [2.45, 2.75) is 18.9 Å². The normalized spacial score (nSPS) is 15.9. The van der Waals surface area contributed by atoms with Gasteiger partial charge in [0.2, 0.25) is 0 Å². The van der Waals surface area contributed by atoms with Gasteiger partial charge in [0.05, 0.1) is 11.4 Å².